The number of anilines is 1. The lowest BCUT2D eigenvalue weighted by Crippen LogP contribution is -2.38. The average molecular weight is 364 g/mol. The minimum atomic E-state index is -0.426. The molecule has 5 rings (SSSR count). The summed E-state index contributed by atoms with van der Waals surface area (Å²) in [4.78, 5) is 17.5. The van der Waals surface area contributed by atoms with Crippen LogP contribution < -0.4 is 4.90 Å². The van der Waals surface area contributed by atoms with Gasteiger partial charge >= 0.3 is 0 Å². The van der Waals surface area contributed by atoms with E-state index in [0.717, 1.165) is 25.9 Å². The fourth-order valence-corrected chi connectivity index (χ4v) is 5.15. The average Bonchev–Trinajstić information content (AvgIpc) is 3.00. The molecule has 140 valence electrons. The standard InChI is InChI=1S/C23H25FN2O/c24-21-7-3-2-6-19(21)23(27)26-13-10-16-14-22(26)20-15-17(8-9-18(16)20)25-11-4-1-5-12-25/h2-3,6-9,15-16,22H,1,4-5,10-14H2/t16-,22-/m1/s1. The van der Waals surface area contributed by atoms with Gasteiger partial charge in [-0.25, -0.2) is 4.39 Å². The summed E-state index contributed by atoms with van der Waals surface area (Å²) in [7, 11) is 0. The van der Waals surface area contributed by atoms with Gasteiger partial charge in [0, 0.05) is 25.3 Å². The van der Waals surface area contributed by atoms with Gasteiger partial charge in [-0.05, 0) is 73.4 Å². The second-order valence-electron chi connectivity index (χ2n) is 8.08. The highest BCUT2D eigenvalue weighted by Crippen LogP contribution is 2.50. The highest BCUT2D eigenvalue weighted by molar-refractivity contribution is 5.95. The van der Waals surface area contributed by atoms with Gasteiger partial charge in [-0.1, -0.05) is 18.2 Å². The quantitative estimate of drug-likeness (QED) is 0.757. The molecule has 0 aromatic heterocycles. The SMILES string of the molecule is O=C(c1ccccc1F)N1CC[C@@H]2C[C@@H]1c1cc(N3CCCCC3)ccc12. The van der Waals surface area contributed by atoms with Crippen LogP contribution in [0.1, 0.15) is 65.5 Å². The number of fused-ring (bicyclic) bond motifs is 5. The van der Waals surface area contributed by atoms with Crippen molar-refractivity contribution in [1.82, 2.24) is 4.90 Å². The van der Waals surface area contributed by atoms with Crippen molar-refractivity contribution < 1.29 is 9.18 Å². The van der Waals surface area contributed by atoms with Crippen LogP contribution in [0.5, 0.6) is 0 Å². The number of piperidine rings is 2. The lowest BCUT2D eigenvalue weighted by atomic mass is 9.95. The molecule has 0 unspecified atom stereocenters. The Morgan fingerprint density at radius 1 is 0.963 bits per heavy atom. The predicted molar refractivity (Wildman–Crippen MR) is 105 cm³/mol. The first-order valence-electron chi connectivity index (χ1n) is 10.2. The van der Waals surface area contributed by atoms with Crippen molar-refractivity contribution in [1.29, 1.82) is 0 Å². The van der Waals surface area contributed by atoms with Crippen molar-refractivity contribution in [3.63, 3.8) is 0 Å². The van der Waals surface area contributed by atoms with Crippen LogP contribution in [-0.4, -0.2) is 30.4 Å². The molecule has 1 amide bonds. The maximum absolute atomic E-state index is 14.2. The summed E-state index contributed by atoms with van der Waals surface area (Å²) in [5.74, 6) is -0.0669. The fourth-order valence-electron chi connectivity index (χ4n) is 5.15. The summed E-state index contributed by atoms with van der Waals surface area (Å²) < 4.78 is 14.2. The van der Waals surface area contributed by atoms with Gasteiger partial charge in [0.25, 0.3) is 5.91 Å². The molecule has 2 heterocycles. The van der Waals surface area contributed by atoms with Crippen LogP contribution in [0.4, 0.5) is 10.1 Å². The van der Waals surface area contributed by atoms with Crippen molar-refractivity contribution in [2.45, 2.75) is 44.1 Å². The molecule has 4 heteroatoms. The van der Waals surface area contributed by atoms with E-state index in [-0.39, 0.29) is 17.5 Å². The number of carbonyl (C=O) groups is 1. The first-order chi connectivity index (χ1) is 13.2. The number of halogens is 1. The van der Waals surface area contributed by atoms with E-state index in [2.05, 4.69) is 23.1 Å². The highest BCUT2D eigenvalue weighted by Gasteiger charge is 2.41. The van der Waals surface area contributed by atoms with E-state index in [9.17, 15) is 9.18 Å². The molecule has 2 fully saturated rings. The molecule has 0 radical (unpaired) electrons. The van der Waals surface area contributed by atoms with Gasteiger partial charge in [0.2, 0.25) is 0 Å². The number of hydrogen-bond acceptors (Lipinski definition) is 2. The lowest BCUT2D eigenvalue weighted by molar-refractivity contribution is 0.0615. The second kappa shape index (κ2) is 6.66. The molecule has 0 N–H and O–H groups in total. The Kier molecular flexibility index (Phi) is 4.14. The fraction of sp³-hybridized carbons (Fsp3) is 0.435. The molecule has 3 nitrogen and oxygen atoms in total. The molecular weight excluding hydrogens is 339 g/mol. The third kappa shape index (κ3) is 2.82. The lowest BCUT2D eigenvalue weighted by Gasteiger charge is -2.34. The van der Waals surface area contributed by atoms with Gasteiger partial charge < -0.3 is 9.80 Å². The van der Waals surface area contributed by atoms with Gasteiger partial charge in [0.05, 0.1) is 11.6 Å². The summed E-state index contributed by atoms with van der Waals surface area (Å²) in [5, 5.41) is 0. The number of nitrogens with zero attached hydrogens (tertiary/aromatic N) is 2. The third-order valence-electron chi connectivity index (χ3n) is 6.56. The van der Waals surface area contributed by atoms with E-state index < -0.39 is 5.82 Å². The Morgan fingerprint density at radius 3 is 2.59 bits per heavy atom. The Labute approximate surface area is 159 Å². The summed E-state index contributed by atoms with van der Waals surface area (Å²) >= 11 is 0. The second-order valence-corrected chi connectivity index (χ2v) is 8.08. The first-order valence-corrected chi connectivity index (χ1v) is 10.2. The Hall–Kier alpha value is -2.36. The van der Waals surface area contributed by atoms with Crippen molar-refractivity contribution in [2.24, 2.45) is 0 Å². The smallest absolute Gasteiger partial charge is 0.257 e. The van der Waals surface area contributed by atoms with Gasteiger partial charge in [-0.2, -0.15) is 0 Å². The summed E-state index contributed by atoms with van der Waals surface area (Å²) in [6, 6.07) is 13.3. The Morgan fingerprint density at radius 2 is 1.78 bits per heavy atom. The zero-order valence-electron chi connectivity index (χ0n) is 15.5. The molecule has 2 bridgehead atoms. The molecular formula is C23H25FN2O. The highest BCUT2D eigenvalue weighted by atomic mass is 19.1. The topological polar surface area (TPSA) is 23.6 Å². The monoisotopic (exact) mass is 364 g/mol. The van der Waals surface area contributed by atoms with E-state index >= 15 is 0 Å². The molecule has 2 aliphatic heterocycles. The van der Waals surface area contributed by atoms with Crippen molar-refractivity contribution in [3.8, 4) is 0 Å². The number of likely N-dealkylation sites (tertiary alicyclic amines) is 1. The minimum absolute atomic E-state index is 0.0793. The molecule has 0 saturated carbocycles. The van der Waals surface area contributed by atoms with Crippen LogP contribution in [0.25, 0.3) is 0 Å². The molecule has 2 aromatic carbocycles. The van der Waals surface area contributed by atoms with Crippen LogP contribution in [-0.2, 0) is 0 Å². The minimum Gasteiger partial charge on any atom is -0.372 e. The van der Waals surface area contributed by atoms with Gasteiger partial charge in [-0.3, -0.25) is 4.79 Å². The molecule has 2 atom stereocenters. The van der Waals surface area contributed by atoms with E-state index in [1.54, 1.807) is 18.2 Å². The third-order valence-corrected chi connectivity index (χ3v) is 6.56. The molecule has 3 aliphatic rings. The number of rotatable bonds is 2. The predicted octanol–water partition coefficient (Wildman–Crippen LogP) is 4.89. The van der Waals surface area contributed by atoms with E-state index in [4.69, 9.17) is 0 Å². The zero-order valence-corrected chi connectivity index (χ0v) is 15.5. The molecule has 27 heavy (non-hydrogen) atoms. The van der Waals surface area contributed by atoms with Crippen LogP contribution in [0.3, 0.4) is 0 Å². The van der Waals surface area contributed by atoms with Crippen LogP contribution in [0.15, 0.2) is 42.5 Å². The summed E-state index contributed by atoms with van der Waals surface area (Å²) in [6.07, 6.45) is 5.75. The largest absolute Gasteiger partial charge is 0.372 e. The van der Waals surface area contributed by atoms with Crippen LogP contribution >= 0.6 is 0 Å². The molecule has 1 aliphatic carbocycles. The van der Waals surface area contributed by atoms with E-state index in [1.807, 2.05) is 4.90 Å². The maximum atomic E-state index is 14.2. The van der Waals surface area contributed by atoms with Crippen LogP contribution in [0, 0.1) is 5.82 Å². The number of amides is 1. The number of benzene rings is 2. The normalized spacial score (nSPS) is 24.0. The van der Waals surface area contributed by atoms with Crippen LogP contribution in [0.2, 0.25) is 0 Å². The zero-order chi connectivity index (χ0) is 18.4. The molecule has 2 saturated heterocycles. The summed E-state index contributed by atoms with van der Waals surface area (Å²) in [5.41, 5.74) is 4.14. The van der Waals surface area contributed by atoms with Crippen molar-refractivity contribution in [3.05, 3.63) is 65.0 Å². The number of carbonyl (C=O) groups excluding carboxylic acids is 1. The Bertz CT molecular complexity index is 874. The number of hydrogen-bond donors (Lipinski definition) is 0. The van der Waals surface area contributed by atoms with Gasteiger partial charge in [0.15, 0.2) is 0 Å². The molecule has 2 aromatic rings. The molecule has 0 spiro atoms. The maximum Gasteiger partial charge on any atom is 0.257 e. The van der Waals surface area contributed by atoms with E-state index in [1.165, 1.54) is 42.1 Å². The Balaban J connectivity index is 1.48. The van der Waals surface area contributed by atoms with Crippen molar-refractivity contribution in [2.75, 3.05) is 24.5 Å². The van der Waals surface area contributed by atoms with E-state index in [0.29, 0.717) is 12.5 Å². The van der Waals surface area contributed by atoms with Gasteiger partial charge in [-0.15, -0.1) is 0 Å². The summed E-state index contributed by atoms with van der Waals surface area (Å²) in [6.45, 7) is 2.94. The van der Waals surface area contributed by atoms with Crippen molar-refractivity contribution >= 4 is 11.6 Å². The van der Waals surface area contributed by atoms with Gasteiger partial charge in [0.1, 0.15) is 5.82 Å². The first kappa shape index (κ1) is 16.8.